The summed E-state index contributed by atoms with van der Waals surface area (Å²) in [5.74, 6) is -1.61. The molecule has 2 rings (SSSR count). The van der Waals surface area contributed by atoms with Gasteiger partial charge < -0.3 is 15.2 Å². The SMILES string of the molecule is CCCc1c(O)nc(-c2ccc(O)c(F)c2)[nH]c1=O. The molecule has 0 amide bonds. The van der Waals surface area contributed by atoms with Crippen LogP contribution in [0.4, 0.5) is 4.39 Å². The molecule has 100 valence electrons. The lowest BCUT2D eigenvalue weighted by molar-refractivity contribution is 0.432. The molecule has 3 N–H and O–H groups in total. The third kappa shape index (κ3) is 2.57. The minimum Gasteiger partial charge on any atom is -0.505 e. The van der Waals surface area contributed by atoms with Gasteiger partial charge in [-0.25, -0.2) is 4.39 Å². The predicted molar refractivity (Wildman–Crippen MR) is 67.6 cm³/mol. The van der Waals surface area contributed by atoms with Crippen LogP contribution in [0.15, 0.2) is 23.0 Å². The van der Waals surface area contributed by atoms with Crippen LogP contribution < -0.4 is 5.56 Å². The Morgan fingerprint density at radius 3 is 2.68 bits per heavy atom. The van der Waals surface area contributed by atoms with Crippen molar-refractivity contribution in [1.29, 1.82) is 0 Å². The molecule has 2 aromatic rings. The largest absolute Gasteiger partial charge is 0.505 e. The van der Waals surface area contributed by atoms with E-state index in [2.05, 4.69) is 9.97 Å². The quantitative estimate of drug-likeness (QED) is 0.790. The first-order valence-corrected chi connectivity index (χ1v) is 5.84. The molecule has 0 atom stereocenters. The number of aromatic nitrogens is 2. The third-order valence-corrected chi connectivity index (χ3v) is 2.71. The van der Waals surface area contributed by atoms with Gasteiger partial charge in [0.2, 0.25) is 5.88 Å². The van der Waals surface area contributed by atoms with Gasteiger partial charge in [-0.2, -0.15) is 4.98 Å². The van der Waals surface area contributed by atoms with Crippen molar-refractivity contribution >= 4 is 0 Å². The van der Waals surface area contributed by atoms with Crippen LogP contribution in [0.5, 0.6) is 11.6 Å². The lowest BCUT2D eigenvalue weighted by Gasteiger charge is -2.06. The van der Waals surface area contributed by atoms with Crippen molar-refractivity contribution in [2.75, 3.05) is 0 Å². The summed E-state index contributed by atoms with van der Waals surface area (Å²) >= 11 is 0. The molecule has 5 nitrogen and oxygen atoms in total. The number of aromatic hydroxyl groups is 2. The van der Waals surface area contributed by atoms with Crippen LogP contribution >= 0.6 is 0 Å². The zero-order valence-corrected chi connectivity index (χ0v) is 10.3. The lowest BCUT2D eigenvalue weighted by Crippen LogP contribution is -2.15. The van der Waals surface area contributed by atoms with Crippen LogP contribution in [0.3, 0.4) is 0 Å². The molecule has 1 aromatic carbocycles. The molecule has 0 aliphatic heterocycles. The van der Waals surface area contributed by atoms with Gasteiger partial charge in [0, 0.05) is 5.56 Å². The highest BCUT2D eigenvalue weighted by Gasteiger charge is 2.12. The first kappa shape index (κ1) is 13.1. The first-order chi connectivity index (χ1) is 9.02. The average molecular weight is 264 g/mol. The highest BCUT2D eigenvalue weighted by molar-refractivity contribution is 5.57. The molecule has 1 aromatic heterocycles. The van der Waals surface area contributed by atoms with E-state index in [-0.39, 0.29) is 22.8 Å². The lowest BCUT2D eigenvalue weighted by atomic mass is 10.1. The van der Waals surface area contributed by atoms with Crippen LogP contribution in [-0.2, 0) is 6.42 Å². The summed E-state index contributed by atoms with van der Waals surface area (Å²) in [7, 11) is 0. The monoisotopic (exact) mass is 264 g/mol. The van der Waals surface area contributed by atoms with Crippen LogP contribution in [0.2, 0.25) is 0 Å². The zero-order valence-electron chi connectivity index (χ0n) is 10.3. The normalized spacial score (nSPS) is 10.6. The van der Waals surface area contributed by atoms with Crippen LogP contribution in [-0.4, -0.2) is 20.2 Å². The van der Waals surface area contributed by atoms with E-state index in [9.17, 15) is 14.3 Å². The van der Waals surface area contributed by atoms with Crippen molar-refractivity contribution in [3.05, 3.63) is 39.9 Å². The highest BCUT2D eigenvalue weighted by atomic mass is 19.1. The third-order valence-electron chi connectivity index (χ3n) is 2.71. The van der Waals surface area contributed by atoms with Gasteiger partial charge >= 0.3 is 0 Å². The van der Waals surface area contributed by atoms with E-state index in [1.807, 2.05) is 6.92 Å². The summed E-state index contributed by atoms with van der Waals surface area (Å²) in [6.07, 6.45) is 1.11. The van der Waals surface area contributed by atoms with E-state index in [1.54, 1.807) is 0 Å². The fourth-order valence-electron chi connectivity index (χ4n) is 1.75. The number of hydrogen-bond donors (Lipinski definition) is 3. The van der Waals surface area contributed by atoms with Crippen LogP contribution in [0.25, 0.3) is 11.4 Å². The number of hydrogen-bond acceptors (Lipinski definition) is 4. The second-order valence-electron chi connectivity index (χ2n) is 4.13. The average Bonchev–Trinajstić information content (AvgIpc) is 2.37. The zero-order chi connectivity index (χ0) is 14.0. The smallest absolute Gasteiger partial charge is 0.258 e. The Morgan fingerprint density at radius 1 is 1.37 bits per heavy atom. The molecule has 1 heterocycles. The summed E-state index contributed by atoms with van der Waals surface area (Å²) < 4.78 is 13.2. The molecular formula is C13H13FN2O3. The van der Waals surface area contributed by atoms with Crippen LogP contribution in [0, 0.1) is 5.82 Å². The number of H-pyrrole nitrogens is 1. The summed E-state index contributed by atoms with van der Waals surface area (Å²) in [6.45, 7) is 1.88. The van der Waals surface area contributed by atoms with E-state index in [4.69, 9.17) is 5.11 Å². The van der Waals surface area contributed by atoms with Gasteiger partial charge in [0.1, 0.15) is 5.82 Å². The Hall–Kier alpha value is -2.37. The van der Waals surface area contributed by atoms with Gasteiger partial charge in [0.25, 0.3) is 5.56 Å². The van der Waals surface area contributed by atoms with Gasteiger partial charge in [-0.3, -0.25) is 4.79 Å². The molecule has 0 saturated heterocycles. The van der Waals surface area contributed by atoms with Crippen molar-refractivity contribution < 1.29 is 14.6 Å². The number of phenolic OH excluding ortho intramolecular Hbond substituents is 1. The van der Waals surface area contributed by atoms with Crippen molar-refractivity contribution in [1.82, 2.24) is 9.97 Å². The molecule has 0 aliphatic rings. The molecule has 0 spiro atoms. The Labute approximate surface area is 108 Å². The number of nitrogens with zero attached hydrogens (tertiary/aromatic N) is 1. The fraction of sp³-hybridized carbons (Fsp3) is 0.231. The summed E-state index contributed by atoms with van der Waals surface area (Å²) in [4.78, 5) is 18.1. The number of nitrogens with one attached hydrogen (secondary N) is 1. The van der Waals surface area contributed by atoms with E-state index < -0.39 is 17.1 Å². The molecular weight excluding hydrogens is 251 g/mol. The summed E-state index contributed by atoms with van der Waals surface area (Å²) in [5.41, 5.74) is 0.0362. The molecule has 6 heteroatoms. The van der Waals surface area contributed by atoms with Crippen molar-refractivity contribution in [2.24, 2.45) is 0 Å². The molecule has 0 saturated carbocycles. The van der Waals surface area contributed by atoms with Crippen molar-refractivity contribution in [3.63, 3.8) is 0 Å². The van der Waals surface area contributed by atoms with Crippen molar-refractivity contribution in [3.8, 4) is 23.0 Å². The topological polar surface area (TPSA) is 86.2 Å². The number of benzene rings is 1. The van der Waals surface area contributed by atoms with Gasteiger partial charge in [-0.1, -0.05) is 13.3 Å². The Bertz CT molecular complexity index is 667. The predicted octanol–water partition coefficient (Wildman–Crippen LogP) is 1.94. The fourth-order valence-corrected chi connectivity index (χ4v) is 1.75. The molecule has 0 radical (unpaired) electrons. The van der Waals surface area contributed by atoms with Crippen LogP contribution in [0.1, 0.15) is 18.9 Å². The minimum absolute atomic E-state index is 0.0567. The van der Waals surface area contributed by atoms with E-state index in [0.29, 0.717) is 12.8 Å². The van der Waals surface area contributed by atoms with Gasteiger partial charge in [-0.15, -0.1) is 0 Å². The van der Waals surface area contributed by atoms with Crippen molar-refractivity contribution in [2.45, 2.75) is 19.8 Å². The van der Waals surface area contributed by atoms with Gasteiger partial charge in [0.05, 0.1) is 5.56 Å². The number of halogens is 1. The number of phenols is 1. The van der Waals surface area contributed by atoms with Gasteiger partial charge in [-0.05, 0) is 24.6 Å². The molecule has 0 unspecified atom stereocenters. The van der Waals surface area contributed by atoms with E-state index >= 15 is 0 Å². The number of rotatable bonds is 3. The maximum atomic E-state index is 13.2. The molecule has 19 heavy (non-hydrogen) atoms. The second-order valence-corrected chi connectivity index (χ2v) is 4.13. The molecule has 0 aliphatic carbocycles. The maximum Gasteiger partial charge on any atom is 0.258 e. The first-order valence-electron chi connectivity index (χ1n) is 5.84. The Balaban J connectivity index is 2.52. The maximum absolute atomic E-state index is 13.2. The second kappa shape index (κ2) is 5.09. The number of aromatic amines is 1. The highest BCUT2D eigenvalue weighted by Crippen LogP contribution is 2.23. The van der Waals surface area contributed by atoms with E-state index in [1.165, 1.54) is 6.07 Å². The molecule has 0 fully saturated rings. The minimum atomic E-state index is -0.822. The standard InChI is InChI=1S/C13H13FN2O3/c1-2-3-8-12(18)15-11(16-13(8)19)7-4-5-10(17)9(14)6-7/h4-6,17H,2-3H2,1H3,(H2,15,16,18,19). The summed E-state index contributed by atoms with van der Waals surface area (Å²) in [6, 6.07) is 3.59. The molecule has 0 bridgehead atoms. The summed E-state index contributed by atoms with van der Waals surface area (Å²) in [5, 5.41) is 18.8. The Morgan fingerprint density at radius 2 is 2.11 bits per heavy atom. The Kier molecular flexibility index (Phi) is 3.50. The van der Waals surface area contributed by atoms with Gasteiger partial charge in [0.15, 0.2) is 11.6 Å². The van der Waals surface area contributed by atoms with E-state index in [0.717, 1.165) is 12.1 Å².